The first-order valence-corrected chi connectivity index (χ1v) is 6.24. The summed E-state index contributed by atoms with van der Waals surface area (Å²) in [5.41, 5.74) is -0.00326. The van der Waals surface area contributed by atoms with Crippen LogP contribution in [0, 0.1) is 5.41 Å². The lowest BCUT2D eigenvalue weighted by molar-refractivity contribution is -0.0892. The van der Waals surface area contributed by atoms with Crippen molar-refractivity contribution in [2.45, 2.75) is 30.4 Å². The molecule has 5 heteroatoms. The van der Waals surface area contributed by atoms with E-state index in [0.29, 0.717) is 25.7 Å². The lowest BCUT2D eigenvalue weighted by Crippen LogP contribution is -2.69. The van der Waals surface area contributed by atoms with Crippen molar-refractivity contribution >= 4 is 19.7 Å². The van der Waals surface area contributed by atoms with Gasteiger partial charge in [-0.15, -0.1) is 0 Å². The van der Waals surface area contributed by atoms with Gasteiger partial charge in [0.25, 0.3) is 0 Å². The highest BCUT2D eigenvalue weighted by Gasteiger charge is 2.73. The van der Waals surface area contributed by atoms with Crippen LogP contribution in [0.1, 0.15) is 25.7 Å². The number of alkyl halides is 1. The van der Waals surface area contributed by atoms with E-state index in [9.17, 15) is 12.8 Å². The number of hydrogen-bond donors (Lipinski definition) is 0. The minimum absolute atomic E-state index is 0.00326. The van der Waals surface area contributed by atoms with Crippen LogP contribution in [0.5, 0.6) is 0 Å². The maximum absolute atomic E-state index is 12.0. The van der Waals surface area contributed by atoms with Crippen molar-refractivity contribution in [3.8, 4) is 0 Å². The fraction of sp³-hybridized carbons (Fsp3) is 1.00. The Morgan fingerprint density at radius 1 is 1.33 bits per heavy atom. The molecule has 3 aliphatic rings. The van der Waals surface area contributed by atoms with Gasteiger partial charge in [0.15, 0.2) is 0 Å². The van der Waals surface area contributed by atoms with Crippen LogP contribution in [0.4, 0.5) is 4.39 Å². The largest absolute Gasteiger partial charge is 0.251 e. The summed E-state index contributed by atoms with van der Waals surface area (Å²) in [5, 5.41) is 0. The summed E-state index contributed by atoms with van der Waals surface area (Å²) < 4.78 is 33.3. The average Bonchev–Trinajstić information content (AvgIpc) is 1.70. The van der Waals surface area contributed by atoms with Crippen molar-refractivity contribution in [1.82, 2.24) is 0 Å². The Morgan fingerprint density at radius 3 is 2.17 bits per heavy atom. The van der Waals surface area contributed by atoms with Gasteiger partial charge in [-0.05, 0) is 31.1 Å². The van der Waals surface area contributed by atoms with Gasteiger partial charge >= 0.3 is 0 Å². The van der Waals surface area contributed by atoms with Crippen LogP contribution in [0.25, 0.3) is 0 Å². The number of hydrogen-bond acceptors (Lipinski definition) is 2. The molecule has 70 valence electrons. The molecule has 3 fully saturated rings. The zero-order valence-electron chi connectivity index (χ0n) is 6.52. The number of halogens is 2. The van der Waals surface area contributed by atoms with Crippen molar-refractivity contribution in [3.05, 3.63) is 0 Å². The van der Waals surface area contributed by atoms with Crippen LogP contribution < -0.4 is 0 Å². The third kappa shape index (κ3) is 0.880. The zero-order chi connectivity index (χ0) is 9.04. The third-order valence-electron chi connectivity index (χ3n) is 3.23. The molecule has 0 atom stereocenters. The van der Waals surface area contributed by atoms with Crippen LogP contribution in [-0.2, 0) is 9.05 Å². The first kappa shape index (κ1) is 8.75. The van der Waals surface area contributed by atoms with E-state index in [1.165, 1.54) is 0 Å². The summed E-state index contributed by atoms with van der Waals surface area (Å²) in [7, 11) is 1.85. The average molecular weight is 213 g/mol. The van der Waals surface area contributed by atoms with Crippen molar-refractivity contribution < 1.29 is 12.8 Å². The minimum Gasteiger partial charge on any atom is -0.251 e. The smallest absolute Gasteiger partial charge is 0.238 e. The molecule has 0 amide bonds. The predicted octanol–water partition coefficient (Wildman–Crippen LogP) is 1.84. The van der Waals surface area contributed by atoms with Crippen LogP contribution in [0.2, 0.25) is 0 Å². The van der Waals surface area contributed by atoms with E-state index in [1.807, 2.05) is 0 Å². The molecule has 2 bridgehead atoms. The lowest BCUT2D eigenvalue weighted by atomic mass is 9.42. The molecule has 0 spiro atoms. The lowest BCUT2D eigenvalue weighted by Gasteiger charge is -2.68. The van der Waals surface area contributed by atoms with Crippen LogP contribution in [0.3, 0.4) is 0 Å². The van der Waals surface area contributed by atoms with E-state index in [-0.39, 0.29) is 12.1 Å². The molecule has 0 aromatic rings. The minimum atomic E-state index is -3.41. The van der Waals surface area contributed by atoms with Crippen molar-refractivity contribution in [3.63, 3.8) is 0 Å². The Balaban J connectivity index is 2.05. The monoisotopic (exact) mass is 212 g/mol. The Hall–Kier alpha value is 0.170. The summed E-state index contributed by atoms with van der Waals surface area (Å²) >= 11 is 0. The van der Waals surface area contributed by atoms with E-state index < -0.39 is 13.8 Å². The van der Waals surface area contributed by atoms with Gasteiger partial charge in [0.2, 0.25) is 9.05 Å². The summed E-state index contributed by atoms with van der Waals surface area (Å²) in [6, 6.07) is 0. The van der Waals surface area contributed by atoms with E-state index in [1.54, 1.807) is 0 Å². The Morgan fingerprint density at radius 2 is 1.83 bits per heavy atom. The molecule has 0 aliphatic heterocycles. The Labute approximate surface area is 75.5 Å². The maximum Gasteiger partial charge on any atom is 0.238 e. The van der Waals surface area contributed by atoms with Gasteiger partial charge in [-0.2, -0.15) is 0 Å². The summed E-state index contributed by atoms with van der Waals surface area (Å²) in [6.45, 7) is -0.349. The van der Waals surface area contributed by atoms with E-state index in [4.69, 9.17) is 10.7 Å². The second-order valence-electron chi connectivity index (χ2n) is 4.09. The summed E-state index contributed by atoms with van der Waals surface area (Å²) in [4.78, 5) is 0. The molecule has 0 heterocycles. The van der Waals surface area contributed by atoms with Crippen LogP contribution in [0.15, 0.2) is 0 Å². The summed E-state index contributed by atoms with van der Waals surface area (Å²) in [6.07, 6.45) is 2.24. The second kappa shape index (κ2) is 2.15. The van der Waals surface area contributed by atoms with E-state index in [0.717, 1.165) is 0 Å². The van der Waals surface area contributed by atoms with Gasteiger partial charge in [0.05, 0.1) is 11.4 Å². The molecule has 2 nitrogen and oxygen atoms in total. The quantitative estimate of drug-likeness (QED) is 0.669. The topological polar surface area (TPSA) is 34.1 Å². The van der Waals surface area contributed by atoms with Crippen LogP contribution >= 0.6 is 10.7 Å². The van der Waals surface area contributed by atoms with Gasteiger partial charge in [-0.3, -0.25) is 4.39 Å². The molecule has 0 aromatic heterocycles. The molecule has 3 saturated carbocycles. The number of rotatable bonds is 3. The molecule has 3 aliphatic carbocycles. The van der Waals surface area contributed by atoms with Crippen molar-refractivity contribution in [1.29, 1.82) is 0 Å². The second-order valence-corrected chi connectivity index (χ2v) is 7.05. The Kier molecular flexibility index (Phi) is 1.57. The fourth-order valence-corrected chi connectivity index (χ4v) is 4.55. The molecule has 0 unspecified atom stereocenters. The van der Waals surface area contributed by atoms with E-state index >= 15 is 0 Å². The first-order valence-electron chi connectivity index (χ1n) is 3.93. The normalized spacial score (nSPS) is 44.8. The fourth-order valence-electron chi connectivity index (χ4n) is 2.62. The maximum atomic E-state index is 12.0. The van der Waals surface area contributed by atoms with Crippen molar-refractivity contribution in [2.75, 3.05) is 6.67 Å². The molecular weight excluding hydrogens is 203 g/mol. The first-order chi connectivity index (χ1) is 5.43. The third-order valence-corrected chi connectivity index (χ3v) is 5.68. The SMILES string of the molecule is O=S(=O)(Cl)C12CC(CCF)(C1)C2. The predicted molar refractivity (Wildman–Crippen MR) is 44.4 cm³/mol. The van der Waals surface area contributed by atoms with Gasteiger partial charge in [0.1, 0.15) is 0 Å². The molecular formula is C7H10ClFO2S. The standard InChI is InChI=1S/C7H10ClFO2S/c8-12(10,11)7-3-6(4-7,5-7)1-2-9/h1-5H2. The highest BCUT2D eigenvalue weighted by Crippen LogP contribution is 2.73. The zero-order valence-corrected chi connectivity index (χ0v) is 8.09. The molecule has 0 radical (unpaired) electrons. The molecule has 0 aromatic carbocycles. The van der Waals surface area contributed by atoms with Gasteiger partial charge in [-0.25, -0.2) is 8.42 Å². The van der Waals surface area contributed by atoms with Crippen LogP contribution in [-0.4, -0.2) is 19.8 Å². The highest BCUT2D eigenvalue weighted by molar-refractivity contribution is 8.15. The molecule has 3 rings (SSSR count). The molecule has 0 saturated heterocycles. The van der Waals surface area contributed by atoms with Crippen molar-refractivity contribution in [2.24, 2.45) is 5.41 Å². The van der Waals surface area contributed by atoms with E-state index in [2.05, 4.69) is 0 Å². The van der Waals surface area contributed by atoms with Gasteiger partial charge < -0.3 is 0 Å². The van der Waals surface area contributed by atoms with Gasteiger partial charge in [0, 0.05) is 10.7 Å². The molecule has 0 N–H and O–H groups in total. The summed E-state index contributed by atoms with van der Waals surface area (Å²) in [5.74, 6) is 0. The molecule has 12 heavy (non-hydrogen) atoms. The highest BCUT2D eigenvalue weighted by atomic mass is 35.7. The van der Waals surface area contributed by atoms with Gasteiger partial charge in [-0.1, -0.05) is 0 Å². The Bertz CT molecular complexity index is 292.